The van der Waals surface area contributed by atoms with Gasteiger partial charge in [-0.3, -0.25) is 0 Å². The molecule has 0 bridgehead atoms. The third-order valence-corrected chi connectivity index (χ3v) is 1.85. The van der Waals surface area contributed by atoms with Crippen molar-refractivity contribution >= 4 is 0 Å². The van der Waals surface area contributed by atoms with Crippen molar-refractivity contribution in [3.8, 4) is 0 Å². The molecule has 0 spiro atoms. The summed E-state index contributed by atoms with van der Waals surface area (Å²) in [5.74, 6) is -0.220. The summed E-state index contributed by atoms with van der Waals surface area (Å²) in [7, 11) is 0. The van der Waals surface area contributed by atoms with Crippen LogP contribution in [0, 0.1) is 5.82 Å². The van der Waals surface area contributed by atoms with E-state index in [2.05, 4.69) is 5.32 Å². The molecule has 0 fully saturated rings. The van der Waals surface area contributed by atoms with Crippen molar-refractivity contribution in [2.45, 2.75) is 6.42 Å². The van der Waals surface area contributed by atoms with Gasteiger partial charge in [0.25, 0.3) is 0 Å². The van der Waals surface area contributed by atoms with Crippen LogP contribution in [0.3, 0.4) is 0 Å². The van der Waals surface area contributed by atoms with Gasteiger partial charge in [0.1, 0.15) is 5.82 Å². The van der Waals surface area contributed by atoms with E-state index < -0.39 is 0 Å². The van der Waals surface area contributed by atoms with E-state index >= 15 is 0 Å². The van der Waals surface area contributed by atoms with Crippen molar-refractivity contribution in [1.82, 2.24) is 5.32 Å². The molecule has 14 heavy (non-hydrogen) atoms. The number of rotatable bonds is 5. The fraction of sp³-hybridized carbons (Fsp3) is 0.273. The molecule has 0 saturated heterocycles. The van der Waals surface area contributed by atoms with Crippen molar-refractivity contribution in [2.75, 3.05) is 13.1 Å². The second kappa shape index (κ2) is 6.27. The average Bonchev–Trinajstić information content (AvgIpc) is 2.21. The molecule has 76 valence electrons. The average molecular weight is 197 g/mol. The highest BCUT2D eigenvalue weighted by Crippen LogP contribution is 2.02. The monoisotopic (exact) mass is 197 g/mol. The minimum absolute atomic E-state index is 0.220. The molecule has 0 saturated carbocycles. The number of halogens is 2. The molecule has 0 atom stereocenters. The van der Waals surface area contributed by atoms with E-state index in [0.29, 0.717) is 12.9 Å². The Hall–Kier alpha value is -1.22. The SMILES string of the molecule is F/C=C/CNCCc1ccc(F)cc1. The number of hydrogen-bond acceptors (Lipinski definition) is 1. The quantitative estimate of drug-likeness (QED) is 0.715. The van der Waals surface area contributed by atoms with Crippen molar-refractivity contribution in [2.24, 2.45) is 0 Å². The van der Waals surface area contributed by atoms with Crippen LogP contribution in [-0.2, 0) is 6.42 Å². The molecular weight excluding hydrogens is 184 g/mol. The Morgan fingerprint density at radius 1 is 1.21 bits per heavy atom. The molecule has 1 aromatic carbocycles. The summed E-state index contributed by atoms with van der Waals surface area (Å²) in [6.07, 6.45) is 2.75. The first-order valence-electron chi connectivity index (χ1n) is 4.53. The lowest BCUT2D eigenvalue weighted by Gasteiger charge is -2.01. The lowest BCUT2D eigenvalue weighted by Crippen LogP contribution is -2.16. The van der Waals surface area contributed by atoms with E-state index in [1.165, 1.54) is 18.2 Å². The Balaban J connectivity index is 2.21. The summed E-state index contributed by atoms with van der Waals surface area (Å²) in [5.41, 5.74) is 1.07. The molecule has 0 aliphatic carbocycles. The molecule has 1 N–H and O–H groups in total. The maximum Gasteiger partial charge on any atom is 0.123 e. The van der Waals surface area contributed by atoms with Crippen molar-refractivity contribution in [1.29, 1.82) is 0 Å². The fourth-order valence-electron chi connectivity index (χ4n) is 1.11. The highest BCUT2D eigenvalue weighted by atomic mass is 19.1. The zero-order chi connectivity index (χ0) is 10.2. The van der Waals surface area contributed by atoms with Crippen LogP contribution in [0.1, 0.15) is 5.56 Å². The van der Waals surface area contributed by atoms with Crippen LogP contribution in [0.2, 0.25) is 0 Å². The molecule has 0 amide bonds. The van der Waals surface area contributed by atoms with Crippen molar-refractivity contribution < 1.29 is 8.78 Å². The van der Waals surface area contributed by atoms with Gasteiger partial charge in [-0.15, -0.1) is 0 Å². The van der Waals surface area contributed by atoms with Crippen LogP contribution in [0.5, 0.6) is 0 Å². The molecular formula is C11H13F2N. The van der Waals surface area contributed by atoms with Crippen LogP contribution in [-0.4, -0.2) is 13.1 Å². The van der Waals surface area contributed by atoms with Crippen LogP contribution < -0.4 is 5.32 Å². The Morgan fingerprint density at radius 2 is 1.93 bits per heavy atom. The third-order valence-electron chi connectivity index (χ3n) is 1.85. The molecule has 0 aromatic heterocycles. The van der Waals surface area contributed by atoms with E-state index in [9.17, 15) is 8.78 Å². The van der Waals surface area contributed by atoms with Crippen LogP contribution >= 0.6 is 0 Å². The zero-order valence-electron chi connectivity index (χ0n) is 7.84. The van der Waals surface area contributed by atoms with Gasteiger partial charge in [0.15, 0.2) is 0 Å². The van der Waals surface area contributed by atoms with Crippen LogP contribution in [0.15, 0.2) is 36.7 Å². The highest BCUT2D eigenvalue weighted by Gasteiger charge is 1.92. The number of benzene rings is 1. The molecule has 0 aliphatic rings. The second-order valence-corrected chi connectivity index (χ2v) is 2.94. The fourth-order valence-corrected chi connectivity index (χ4v) is 1.11. The Labute approximate surface area is 82.4 Å². The van der Waals surface area contributed by atoms with E-state index in [1.807, 2.05) is 0 Å². The van der Waals surface area contributed by atoms with Gasteiger partial charge in [-0.25, -0.2) is 8.78 Å². The summed E-state index contributed by atoms with van der Waals surface area (Å²) >= 11 is 0. The standard InChI is InChI=1S/C11H13F2N/c12-7-1-8-14-9-6-10-2-4-11(13)5-3-10/h1-5,7,14H,6,8-9H2/b7-1+. The molecule has 1 rings (SSSR count). The van der Waals surface area contributed by atoms with Crippen LogP contribution in [0.25, 0.3) is 0 Å². The maximum absolute atomic E-state index is 12.5. The van der Waals surface area contributed by atoms with Gasteiger partial charge in [0.05, 0.1) is 6.33 Å². The predicted molar refractivity (Wildman–Crippen MR) is 53.2 cm³/mol. The van der Waals surface area contributed by atoms with Gasteiger partial charge in [-0.2, -0.15) is 0 Å². The Kier molecular flexibility index (Phi) is 4.86. The highest BCUT2D eigenvalue weighted by molar-refractivity contribution is 5.16. The predicted octanol–water partition coefficient (Wildman–Crippen LogP) is 2.44. The van der Waals surface area contributed by atoms with Crippen LogP contribution in [0.4, 0.5) is 8.78 Å². The molecule has 3 heteroatoms. The third kappa shape index (κ3) is 4.14. The lowest BCUT2D eigenvalue weighted by molar-refractivity contribution is 0.626. The van der Waals surface area contributed by atoms with E-state index in [-0.39, 0.29) is 5.82 Å². The van der Waals surface area contributed by atoms with E-state index in [4.69, 9.17) is 0 Å². The first-order chi connectivity index (χ1) is 6.83. The second-order valence-electron chi connectivity index (χ2n) is 2.94. The summed E-state index contributed by atoms with van der Waals surface area (Å²) in [6, 6.07) is 6.39. The van der Waals surface area contributed by atoms with Gasteiger partial charge in [-0.05, 0) is 36.7 Å². The maximum atomic E-state index is 12.5. The largest absolute Gasteiger partial charge is 0.313 e. The topological polar surface area (TPSA) is 12.0 Å². The molecule has 1 nitrogen and oxygen atoms in total. The molecule has 0 aliphatic heterocycles. The Morgan fingerprint density at radius 3 is 2.57 bits per heavy atom. The van der Waals surface area contributed by atoms with Gasteiger partial charge in [0, 0.05) is 6.54 Å². The summed E-state index contributed by atoms with van der Waals surface area (Å²) in [6.45, 7) is 1.29. The zero-order valence-corrected chi connectivity index (χ0v) is 7.84. The van der Waals surface area contributed by atoms with Gasteiger partial charge in [-0.1, -0.05) is 12.1 Å². The molecule has 0 unspecified atom stereocenters. The number of nitrogens with one attached hydrogen (secondary N) is 1. The molecule has 1 aromatic rings. The summed E-state index contributed by atoms with van der Waals surface area (Å²) in [5, 5.41) is 3.03. The minimum Gasteiger partial charge on any atom is -0.313 e. The number of hydrogen-bond donors (Lipinski definition) is 1. The molecule has 0 heterocycles. The van der Waals surface area contributed by atoms with E-state index in [0.717, 1.165) is 18.5 Å². The molecule has 0 radical (unpaired) electrons. The van der Waals surface area contributed by atoms with E-state index in [1.54, 1.807) is 12.1 Å². The first-order valence-corrected chi connectivity index (χ1v) is 4.53. The van der Waals surface area contributed by atoms with Gasteiger partial charge in [0.2, 0.25) is 0 Å². The van der Waals surface area contributed by atoms with Crippen molar-refractivity contribution in [3.05, 3.63) is 48.1 Å². The summed E-state index contributed by atoms with van der Waals surface area (Å²) < 4.78 is 24.0. The van der Waals surface area contributed by atoms with Crippen molar-refractivity contribution in [3.63, 3.8) is 0 Å². The smallest absolute Gasteiger partial charge is 0.123 e. The normalized spacial score (nSPS) is 11.0. The lowest BCUT2D eigenvalue weighted by atomic mass is 10.1. The summed E-state index contributed by atoms with van der Waals surface area (Å²) in [4.78, 5) is 0. The minimum atomic E-state index is -0.220. The Bertz CT molecular complexity index is 280. The first kappa shape index (κ1) is 10.9. The van der Waals surface area contributed by atoms with Gasteiger partial charge < -0.3 is 5.32 Å². The van der Waals surface area contributed by atoms with Gasteiger partial charge >= 0.3 is 0 Å².